The van der Waals surface area contributed by atoms with Crippen LogP contribution < -0.4 is 10.9 Å². The number of sulfonamides is 1. The average Bonchev–Trinajstić information content (AvgIpc) is 3.19. The standard InChI is InChI=1S/C18H22ClN5O2S/c19-15-2-1-3-16(12-15)27(25,26)24-10-8-23(9-11-24)18-13-17(21-22-18)14-4-6-20-7-5-14/h1-7,12,17-18,21-22H,8-11,13H2. The fourth-order valence-electron chi connectivity index (χ4n) is 3.63. The third-order valence-electron chi connectivity index (χ3n) is 5.14. The van der Waals surface area contributed by atoms with Gasteiger partial charge in [0.25, 0.3) is 0 Å². The van der Waals surface area contributed by atoms with Crippen molar-refractivity contribution in [2.45, 2.75) is 23.5 Å². The number of nitrogens with one attached hydrogen (secondary N) is 2. The molecule has 3 heterocycles. The van der Waals surface area contributed by atoms with E-state index in [4.69, 9.17) is 11.6 Å². The van der Waals surface area contributed by atoms with Crippen LogP contribution in [0.25, 0.3) is 0 Å². The highest BCUT2D eigenvalue weighted by atomic mass is 35.5. The molecule has 0 spiro atoms. The Hall–Kier alpha value is -1.55. The van der Waals surface area contributed by atoms with Crippen molar-refractivity contribution in [1.29, 1.82) is 0 Å². The molecule has 9 heteroatoms. The molecule has 2 unspecified atom stereocenters. The first-order valence-corrected chi connectivity index (χ1v) is 10.8. The van der Waals surface area contributed by atoms with Gasteiger partial charge in [-0.05, 0) is 42.3 Å². The lowest BCUT2D eigenvalue weighted by atomic mass is 10.1. The number of rotatable bonds is 4. The van der Waals surface area contributed by atoms with Crippen molar-refractivity contribution >= 4 is 21.6 Å². The predicted octanol–water partition coefficient (Wildman–Crippen LogP) is 1.61. The van der Waals surface area contributed by atoms with Crippen LogP contribution in [0.3, 0.4) is 0 Å². The van der Waals surface area contributed by atoms with Crippen molar-refractivity contribution in [2.75, 3.05) is 26.2 Å². The topological polar surface area (TPSA) is 77.6 Å². The Kier molecular flexibility index (Phi) is 5.45. The maximum atomic E-state index is 12.8. The first kappa shape index (κ1) is 18.8. The van der Waals surface area contributed by atoms with Gasteiger partial charge in [-0.3, -0.25) is 9.88 Å². The van der Waals surface area contributed by atoms with Crippen molar-refractivity contribution in [1.82, 2.24) is 25.0 Å². The lowest BCUT2D eigenvalue weighted by Gasteiger charge is -2.37. The van der Waals surface area contributed by atoms with E-state index >= 15 is 0 Å². The summed E-state index contributed by atoms with van der Waals surface area (Å²) in [5.41, 5.74) is 7.86. The normalized spacial score (nSPS) is 24.9. The van der Waals surface area contributed by atoms with E-state index in [-0.39, 0.29) is 17.1 Å². The van der Waals surface area contributed by atoms with Gasteiger partial charge in [-0.25, -0.2) is 19.3 Å². The maximum absolute atomic E-state index is 12.8. The molecule has 1 aromatic carbocycles. The van der Waals surface area contributed by atoms with Crippen LogP contribution in [0.2, 0.25) is 5.02 Å². The van der Waals surface area contributed by atoms with E-state index in [1.165, 1.54) is 15.9 Å². The van der Waals surface area contributed by atoms with E-state index < -0.39 is 10.0 Å². The van der Waals surface area contributed by atoms with E-state index in [9.17, 15) is 8.42 Å². The Bertz CT molecular complexity index is 888. The second kappa shape index (κ2) is 7.83. The van der Waals surface area contributed by atoms with Crippen LogP contribution in [-0.2, 0) is 10.0 Å². The van der Waals surface area contributed by atoms with Gasteiger partial charge >= 0.3 is 0 Å². The zero-order chi connectivity index (χ0) is 18.9. The lowest BCUT2D eigenvalue weighted by Crippen LogP contribution is -2.55. The second-order valence-corrected chi connectivity index (χ2v) is 9.15. The molecule has 144 valence electrons. The molecule has 0 bridgehead atoms. The van der Waals surface area contributed by atoms with Crippen molar-refractivity contribution in [3.05, 3.63) is 59.4 Å². The first-order valence-electron chi connectivity index (χ1n) is 8.95. The number of benzene rings is 1. The number of pyridine rings is 1. The highest BCUT2D eigenvalue weighted by Crippen LogP contribution is 2.25. The molecule has 0 amide bonds. The molecule has 7 nitrogen and oxygen atoms in total. The fourth-order valence-corrected chi connectivity index (χ4v) is 5.35. The quantitative estimate of drug-likeness (QED) is 0.801. The molecule has 0 saturated carbocycles. The molecule has 2 fully saturated rings. The zero-order valence-electron chi connectivity index (χ0n) is 14.8. The molecule has 2 N–H and O–H groups in total. The Balaban J connectivity index is 1.37. The van der Waals surface area contributed by atoms with Crippen LogP contribution in [0, 0.1) is 0 Å². The SMILES string of the molecule is O=S(=O)(c1cccc(Cl)c1)N1CCN(C2CC(c3ccncc3)NN2)CC1. The van der Waals surface area contributed by atoms with Crippen LogP contribution in [0.4, 0.5) is 0 Å². The predicted molar refractivity (Wildman–Crippen MR) is 103 cm³/mol. The summed E-state index contributed by atoms with van der Waals surface area (Å²) in [4.78, 5) is 6.60. The summed E-state index contributed by atoms with van der Waals surface area (Å²) in [5, 5.41) is 0.429. The Morgan fingerprint density at radius 3 is 2.48 bits per heavy atom. The van der Waals surface area contributed by atoms with Crippen LogP contribution in [0.1, 0.15) is 18.0 Å². The molecule has 2 atom stereocenters. The van der Waals surface area contributed by atoms with Gasteiger partial charge in [0.15, 0.2) is 0 Å². The molecule has 4 rings (SSSR count). The lowest BCUT2D eigenvalue weighted by molar-refractivity contribution is 0.123. The van der Waals surface area contributed by atoms with Gasteiger partial charge in [-0.1, -0.05) is 17.7 Å². The number of halogens is 1. The number of nitrogens with zero attached hydrogens (tertiary/aromatic N) is 3. The van der Waals surface area contributed by atoms with E-state index in [0.29, 0.717) is 31.2 Å². The van der Waals surface area contributed by atoms with Crippen LogP contribution in [-0.4, -0.2) is 55.0 Å². The van der Waals surface area contributed by atoms with E-state index in [1.807, 2.05) is 12.1 Å². The Morgan fingerprint density at radius 2 is 1.78 bits per heavy atom. The highest BCUT2D eigenvalue weighted by Gasteiger charge is 2.34. The number of hydrogen-bond acceptors (Lipinski definition) is 6. The van der Waals surface area contributed by atoms with Crippen LogP contribution in [0.5, 0.6) is 0 Å². The summed E-state index contributed by atoms with van der Waals surface area (Å²) in [6, 6.07) is 10.7. The van der Waals surface area contributed by atoms with Crippen molar-refractivity contribution in [3.63, 3.8) is 0 Å². The first-order chi connectivity index (χ1) is 13.0. The van der Waals surface area contributed by atoms with E-state index in [1.54, 1.807) is 30.6 Å². The van der Waals surface area contributed by atoms with Gasteiger partial charge in [0.05, 0.1) is 11.1 Å². The van der Waals surface area contributed by atoms with Gasteiger partial charge < -0.3 is 0 Å². The third kappa shape index (κ3) is 4.01. The third-order valence-corrected chi connectivity index (χ3v) is 7.27. The molecule has 2 aliphatic rings. The van der Waals surface area contributed by atoms with Gasteiger partial charge in [0.1, 0.15) is 0 Å². The number of hydrogen-bond donors (Lipinski definition) is 2. The minimum atomic E-state index is -3.51. The second-order valence-electron chi connectivity index (χ2n) is 6.77. The van der Waals surface area contributed by atoms with Crippen LogP contribution >= 0.6 is 11.6 Å². The monoisotopic (exact) mass is 407 g/mol. The molecule has 0 radical (unpaired) electrons. The minimum Gasteiger partial charge on any atom is -0.284 e. The van der Waals surface area contributed by atoms with E-state index in [2.05, 4.69) is 20.7 Å². The molecule has 27 heavy (non-hydrogen) atoms. The number of piperazine rings is 1. The molecule has 0 aliphatic carbocycles. The summed E-state index contributed by atoms with van der Waals surface area (Å²) in [6.07, 6.45) is 4.69. The minimum absolute atomic E-state index is 0.180. The summed E-state index contributed by atoms with van der Waals surface area (Å²) >= 11 is 5.95. The fraction of sp³-hybridized carbons (Fsp3) is 0.389. The summed E-state index contributed by atoms with van der Waals surface area (Å²) in [7, 11) is -3.51. The smallest absolute Gasteiger partial charge is 0.243 e. The summed E-state index contributed by atoms with van der Waals surface area (Å²) in [5.74, 6) is 0. The number of hydrazine groups is 1. The molecular weight excluding hydrogens is 386 g/mol. The highest BCUT2D eigenvalue weighted by molar-refractivity contribution is 7.89. The molecule has 2 aromatic rings. The molecule has 1 aromatic heterocycles. The van der Waals surface area contributed by atoms with Crippen LogP contribution in [0.15, 0.2) is 53.7 Å². The molecular formula is C18H22ClN5O2S. The van der Waals surface area contributed by atoms with Crippen molar-refractivity contribution in [2.24, 2.45) is 0 Å². The largest absolute Gasteiger partial charge is 0.284 e. The zero-order valence-corrected chi connectivity index (χ0v) is 16.3. The van der Waals surface area contributed by atoms with Gasteiger partial charge in [0, 0.05) is 49.6 Å². The maximum Gasteiger partial charge on any atom is 0.243 e. The van der Waals surface area contributed by atoms with Crippen molar-refractivity contribution < 1.29 is 8.42 Å². The van der Waals surface area contributed by atoms with E-state index in [0.717, 1.165) is 6.42 Å². The van der Waals surface area contributed by atoms with Crippen molar-refractivity contribution in [3.8, 4) is 0 Å². The Labute approximate surface area is 164 Å². The number of aromatic nitrogens is 1. The molecule has 2 aliphatic heterocycles. The summed E-state index contributed by atoms with van der Waals surface area (Å²) < 4.78 is 27.2. The average molecular weight is 408 g/mol. The van der Waals surface area contributed by atoms with Gasteiger partial charge in [-0.2, -0.15) is 4.31 Å². The molecule has 2 saturated heterocycles. The summed E-state index contributed by atoms with van der Waals surface area (Å²) in [6.45, 7) is 2.30. The Morgan fingerprint density at radius 1 is 1.04 bits per heavy atom. The van der Waals surface area contributed by atoms with Gasteiger partial charge in [0.2, 0.25) is 10.0 Å². The van der Waals surface area contributed by atoms with Gasteiger partial charge in [-0.15, -0.1) is 0 Å².